The lowest BCUT2D eigenvalue weighted by atomic mass is 10.3. The maximum absolute atomic E-state index is 10.5. The van der Waals surface area contributed by atoms with Crippen molar-refractivity contribution in [3.05, 3.63) is 0 Å². The molecule has 1 atom stereocenters. The van der Waals surface area contributed by atoms with Crippen LogP contribution in [-0.4, -0.2) is 25.9 Å². The van der Waals surface area contributed by atoms with E-state index in [4.69, 9.17) is 4.74 Å². The van der Waals surface area contributed by atoms with Gasteiger partial charge in [-0.1, -0.05) is 0 Å². The highest BCUT2D eigenvalue weighted by molar-refractivity contribution is 5.74. The highest BCUT2D eigenvalue weighted by atomic mass is 16.5. The van der Waals surface area contributed by atoms with Crippen molar-refractivity contribution in [1.82, 2.24) is 10.6 Å². The van der Waals surface area contributed by atoms with E-state index in [9.17, 15) is 4.79 Å². The van der Waals surface area contributed by atoms with Crippen LogP contribution in [0.1, 0.15) is 6.42 Å². The van der Waals surface area contributed by atoms with Gasteiger partial charge in [-0.2, -0.15) is 0 Å². The van der Waals surface area contributed by atoms with Gasteiger partial charge in [-0.15, -0.1) is 0 Å². The van der Waals surface area contributed by atoms with E-state index in [-0.39, 0.29) is 12.3 Å². The SMILES string of the molecule is COC1CCNC(=O)N1. The molecule has 0 aliphatic carbocycles. The van der Waals surface area contributed by atoms with Crippen LogP contribution in [0.2, 0.25) is 0 Å². The van der Waals surface area contributed by atoms with E-state index in [0.717, 1.165) is 6.42 Å². The molecule has 1 rings (SSSR count). The van der Waals surface area contributed by atoms with Crippen molar-refractivity contribution in [2.45, 2.75) is 12.6 Å². The first-order valence-corrected chi connectivity index (χ1v) is 2.90. The zero-order valence-corrected chi connectivity index (χ0v) is 5.31. The van der Waals surface area contributed by atoms with Crippen molar-refractivity contribution < 1.29 is 9.53 Å². The third-order valence-corrected chi connectivity index (χ3v) is 1.27. The molecule has 0 aromatic rings. The van der Waals surface area contributed by atoms with Crippen LogP contribution in [0.25, 0.3) is 0 Å². The summed E-state index contributed by atoms with van der Waals surface area (Å²) in [6.07, 6.45) is 0.737. The molecule has 9 heavy (non-hydrogen) atoms. The van der Waals surface area contributed by atoms with Gasteiger partial charge in [0.1, 0.15) is 6.23 Å². The number of carbonyl (C=O) groups excluding carboxylic acids is 1. The lowest BCUT2D eigenvalue weighted by Crippen LogP contribution is -2.49. The molecule has 1 fully saturated rings. The first-order valence-electron chi connectivity index (χ1n) is 2.90. The Kier molecular flexibility index (Phi) is 1.89. The normalized spacial score (nSPS) is 26.8. The summed E-state index contributed by atoms with van der Waals surface area (Å²) >= 11 is 0. The molecular weight excluding hydrogens is 120 g/mol. The van der Waals surface area contributed by atoms with Crippen molar-refractivity contribution in [2.24, 2.45) is 0 Å². The molecule has 0 spiro atoms. The molecule has 2 amide bonds. The summed E-state index contributed by atoms with van der Waals surface area (Å²) in [6.45, 7) is 0.699. The van der Waals surface area contributed by atoms with Crippen molar-refractivity contribution in [3.63, 3.8) is 0 Å². The fourth-order valence-electron chi connectivity index (χ4n) is 0.763. The number of hydrogen-bond donors (Lipinski definition) is 2. The first kappa shape index (κ1) is 6.35. The average Bonchev–Trinajstić information content (AvgIpc) is 1.88. The molecule has 1 aliphatic rings. The quantitative estimate of drug-likeness (QED) is 0.510. The first-order chi connectivity index (χ1) is 4.33. The molecule has 0 bridgehead atoms. The van der Waals surface area contributed by atoms with E-state index < -0.39 is 0 Å². The van der Waals surface area contributed by atoms with E-state index in [2.05, 4.69) is 10.6 Å². The maximum Gasteiger partial charge on any atom is 0.316 e. The maximum atomic E-state index is 10.5. The lowest BCUT2D eigenvalue weighted by molar-refractivity contribution is 0.0659. The van der Waals surface area contributed by atoms with Gasteiger partial charge in [-0.3, -0.25) is 0 Å². The zero-order valence-electron chi connectivity index (χ0n) is 5.31. The van der Waals surface area contributed by atoms with Crippen molar-refractivity contribution in [1.29, 1.82) is 0 Å². The minimum absolute atomic E-state index is 0.0984. The van der Waals surface area contributed by atoms with Gasteiger partial charge in [-0.25, -0.2) is 4.79 Å². The standard InChI is InChI=1S/C5H10N2O2/c1-9-4-2-3-6-5(8)7-4/h4H,2-3H2,1H3,(H2,6,7,8). The number of nitrogens with one attached hydrogen (secondary N) is 2. The molecular formula is C5H10N2O2. The van der Waals surface area contributed by atoms with Gasteiger partial charge >= 0.3 is 6.03 Å². The molecule has 4 nitrogen and oxygen atoms in total. The number of carbonyl (C=O) groups is 1. The van der Waals surface area contributed by atoms with E-state index in [1.165, 1.54) is 0 Å². The Labute approximate surface area is 53.6 Å². The summed E-state index contributed by atoms with van der Waals surface area (Å²) in [7, 11) is 1.58. The molecule has 0 saturated carbocycles. The number of ether oxygens (including phenoxy) is 1. The molecule has 1 unspecified atom stereocenters. The molecule has 2 N–H and O–H groups in total. The molecule has 0 aromatic heterocycles. The number of hydrogen-bond acceptors (Lipinski definition) is 2. The summed E-state index contributed by atoms with van der Waals surface area (Å²) in [5.41, 5.74) is 0. The molecule has 1 heterocycles. The van der Waals surface area contributed by atoms with Gasteiger partial charge in [0.25, 0.3) is 0 Å². The Balaban J connectivity index is 2.32. The van der Waals surface area contributed by atoms with Crippen LogP contribution in [0.15, 0.2) is 0 Å². The predicted molar refractivity (Wildman–Crippen MR) is 31.9 cm³/mol. The second-order valence-electron chi connectivity index (χ2n) is 1.91. The Morgan fingerprint density at radius 3 is 3.00 bits per heavy atom. The Morgan fingerprint density at radius 1 is 1.78 bits per heavy atom. The molecule has 1 saturated heterocycles. The fourth-order valence-corrected chi connectivity index (χ4v) is 0.763. The van der Waals surface area contributed by atoms with Gasteiger partial charge in [0.15, 0.2) is 0 Å². The minimum Gasteiger partial charge on any atom is -0.362 e. The predicted octanol–water partition coefficient (Wildman–Crippen LogP) is -0.338. The van der Waals surface area contributed by atoms with Crippen molar-refractivity contribution in [3.8, 4) is 0 Å². The topological polar surface area (TPSA) is 50.4 Å². The van der Waals surface area contributed by atoms with E-state index >= 15 is 0 Å². The highest BCUT2D eigenvalue weighted by Gasteiger charge is 2.15. The van der Waals surface area contributed by atoms with Crippen LogP contribution in [0.4, 0.5) is 4.79 Å². The average molecular weight is 130 g/mol. The molecule has 4 heteroatoms. The smallest absolute Gasteiger partial charge is 0.316 e. The minimum atomic E-state index is -0.145. The third-order valence-electron chi connectivity index (χ3n) is 1.27. The third kappa shape index (κ3) is 1.57. The summed E-state index contributed by atoms with van der Waals surface area (Å²) < 4.78 is 4.89. The van der Waals surface area contributed by atoms with Crippen LogP contribution in [0, 0.1) is 0 Å². The number of rotatable bonds is 1. The van der Waals surface area contributed by atoms with Crippen molar-refractivity contribution in [2.75, 3.05) is 13.7 Å². The Morgan fingerprint density at radius 2 is 2.56 bits per heavy atom. The summed E-state index contributed by atoms with van der Waals surface area (Å²) in [5, 5.41) is 5.21. The fraction of sp³-hybridized carbons (Fsp3) is 0.800. The van der Waals surface area contributed by atoms with Crippen LogP contribution in [0.5, 0.6) is 0 Å². The van der Waals surface area contributed by atoms with Gasteiger partial charge in [0.2, 0.25) is 0 Å². The van der Waals surface area contributed by atoms with Gasteiger partial charge in [0.05, 0.1) is 0 Å². The monoisotopic (exact) mass is 130 g/mol. The van der Waals surface area contributed by atoms with Crippen molar-refractivity contribution >= 4 is 6.03 Å². The van der Waals surface area contributed by atoms with Crippen LogP contribution in [-0.2, 0) is 4.74 Å². The van der Waals surface area contributed by atoms with Crippen LogP contribution in [0.3, 0.4) is 0 Å². The Hall–Kier alpha value is -0.770. The van der Waals surface area contributed by atoms with Crippen LogP contribution < -0.4 is 10.6 Å². The van der Waals surface area contributed by atoms with E-state index in [0.29, 0.717) is 6.54 Å². The molecule has 1 aliphatic heterocycles. The lowest BCUT2D eigenvalue weighted by Gasteiger charge is -2.22. The van der Waals surface area contributed by atoms with Gasteiger partial charge in [-0.05, 0) is 0 Å². The van der Waals surface area contributed by atoms with Crippen LogP contribution >= 0.6 is 0 Å². The second-order valence-corrected chi connectivity index (χ2v) is 1.91. The van der Waals surface area contributed by atoms with E-state index in [1.54, 1.807) is 7.11 Å². The summed E-state index contributed by atoms with van der Waals surface area (Å²) in [4.78, 5) is 10.5. The molecule has 0 radical (unpaired) electrons. The number of urea groups is 1. The zero-order chi connectivity index (χ0) is 6.69. The number of amides is 2. The summed E-state index contributed by atoms with van der Waals surface area (Å²) in [6, 6.07) is -0.145. The highest BCUT2D eigenvalue weighted by Crippen LogP contribution is 1.94. The van der Waals surface area contributed by atoms with Gasteiger partial charge in [0, 0.05) is 20.1 Å². The largest absolute Gasteiger partial charge is 0.362 e. The Bertz CT molecular complexity index is 116. The van der Waals surface area contributed by atoms with Gasteiger partial charge < -0.3 is 15.4 Å². The second kappa shape index (κ2) is 2.68. The van der Waals surface area contributed by atoms with E-state index in [1.807, 2.05) is 0 Å². The number of methoxy groups -OCH3 is 1. The molecule has 52 valence electrons. The molecule has 0 aromatic carbocycles. The summed E-state index contributed by atoms with van der Waals surface area (Å²) in [5.74, 6) is 0.